The summed E-state index contributed by atoms with van der Waals surface area (Å²) in [5.41, 5.74) is 2.17. The van der Waals surface area contributed by atoms with E-state index in [9.17, 15) is 4.79 Å². The summed E-state index contributed by atoms with van der Waals surface area (Å²) in [4.78, 5) is 16.2. The molecule has 1 aliphatic heterocycles. The van der Waals surface area contributed by atoms with Crippen molar-refractivity contribution in [3.8, 4) is 5.75 Å². The molecular formula is C18H22N2O2S. The van der Waals surface area contributed by atoms with Crippen LogP contribution in [0.3, 0.4) is 0 Å². The average molecular weight is 330 g/mol. The zero-order chi connectivity index (χ0) is 16.2. The number of anilines is 1. The first kappa shape index (κ1) is 16.0. The molecule has 5 heteroatoms. The van der Waals surface area contributed by atoms with Gasteiger partial charge in [-0.15, -0.1) is 11.3 Å². The second kappa shape index (κ2) is 7.15. The van der Waals surface area contributed by atoms with Gasteiger partial charge in [0.1, 0.15) is 5.75 Å². The highest BCUT2D eigenvalue weighted by molar-refractivity contribution is 7.10. The van der Waals surface area contributed by atoms with Crippen LogP contribution < -0.4 is 10.1 Å². The summed E-state index contributed by atoms with van der Waals surface area (Å²) in [7, 11) is 1.62. The lowest BCUT2D eigenvalue weighted by atomic mass is 9.98. The molecule has 1 N–H and O–H groups in total. The first-order valence-electron chi connectivity index (χ1n) is 7.95. The molecule has 2 heterocycles. The molecule has 1 atom stereocenters. The Labute approximate surface area is 141 Å². The number of carbonyl (C=O) groups excluding carboxylic acids is 1. The van der Waals surface area contributed by atoms with Crippen LogP contribution in [0.1, 0.15) is 29.8 Å². The molecule has 23 heavy (non-hydrogen) atoms. The second-order valence-corrected chi connectivity index (χ2v) is 6.72. The summed E-state index contributed by atoms with van der Waals surface area (Å²) < 4.78 is 5.19. The highest BCUT2D eigenvalue weighted by Crippen LogP contribution is 2.34. The average Bonchev–Trinajstić information content (AvgIpc) is 3.03. The van der Waals surface area contributed by atoms with Gasteiger partial charge < -0.3 is 10.1 Å². The van der Waals surface area contributed by atoms with E-state index in [1.165, 1.54) is 10.4 Å². The van der Waals surface area contributed by atoms with Crippen molar-refractivity contribution in [2.75, 3.05) is 25.5 Å². The first-order valence-corrected chi connectivity index (χ1v) is 8.83. The van der Waals surface area contributed by atoms with Crippen molar-refractivity contribution < 1.29 is 9.53 Å². The minimum absolute atomic E-state index is 0.0235. The van der Waals surface area contributed by atoms with E-state index in [0.717, 1.165) is 30.8 Å². The summed E-state index contributed by atoms with van der Waals surface area (Å²) in [6, 6.07) is 10.0. The van der Waals surface area contributed by atoms with Crippen LogP contribution >= 0.6 is 11.3 Å². The lowest BCUT2D eigenvalue weighted by Crippen LogP contribution is -2.40. The third-order valence-corrected chi connectivity index (χ3v) is 5.29. The number of rotatable bonds is 5. The van der Waals surface area contributed by atoms with Crippen molar-refractivity contribution in [1.82, 2.24) is 4.90 Å². The van der Waals surface area contributed by atoms with Gasteiger partial charge in [0, 0.05) is 29.2 Å². The molecule has 1 amide bonds. The smallest absolute Gasteiger partial charge is 0.238 e. The molecule has 0 saturated carbocycles. The standard InChI is InChI=1S/C18H22N2O2S/c1-3-16-15-8-10-23-17(15)7-9-20(16)12-18(21)19-13-5-4-6-14(11-13)22-2/h4-6,8,10-11,16H,3,7,9,12H2,1-2H3,(H,19,21). The predicted octanol–water partition coefficient (Wildman–Crippen LogP) is 3.70. The van der Waals surface area contributed by atoms with Gasteiger partial charge in [0.15, 0.2) is 0 Å². The Kier molecular flexibility index (Phi) is 4.98. The number of hydrogen-bond donors (Lipinski definition) is 1. The fourth-order valence-electron chi connectivity index (χ4n) is 3.20. The Balaban J connectivity index is 1.65. The van der Waals surface area contributed by atoms with Crippen LogP contribution in [0.4, 0.5) is 5.69 Å². The number of ether oxygens (including phenoxy) is 1. The Bertz CT molecular complexity index is 683. The van der Waals surface area contributed by atoms with E-state index in [-0.39, 0.29) is 5.91 Å². The molecule has 0 aliphatic carbocycles. The number of fused-ring (bicyclic) bond motifs is 1. The van der Waals surface area contributed by atoms with Crippen molar-refractivity contribution in [2.45, 2.75) is 25.8 Å². The van der Waals surface area contributed by atoms with Crippen molar-refractivity contribution in [1.29, 1.82) is 0 Å². The fourth-order valence-corrected chi connectivity index (χ4v) is 4.13. The number of carbonyl (C=O) groups is 1. The maximum absolute atomic E-state index is 12.4. The van der Waals surface area contributed by atoms with Crippen molar-refractivity contribution in [3.05, 3.63) is 46.2 Å². The van der Waals surface area contributed by atoms with E-state index < -0.39 is 0 Å². The van der Waals surface area contributed by atoms with Gasteiger partial charge in [-0.1, -0.05) is 13.0 Å². The minimum Gasteiger partial charge on any atom is -0.497 e. The lowest BCUT2D eigenvalue weighted by Gasteiger charge is -2.34. The largest absolute Gasteiger partial charge is 0.497 e. The number of nitrogens with one attached hydrogen (secondary N) is 1. The van der Waals surface area contributed by atoms with Crippen LogP contribution in [-0.4, -0.2) is 31.0 Å². The quantitative estimate of drug-likeness (QED) is 0.909. The topological polar surface area (TPSA) is 41.6 Å². The van der Waals surface area contributed by atoms with Crippen LogP contribution in [0, 0.1) is 0 Å². The molecule has 3 rings (SSSR count). The number of amides is 1. The Morgan fingerprint density at radius 1 is 1.43 bits per heavy atom. The van der Waals surface area contributed by atoms with Gasteiger partial charge in [-0.3, -0.25) is 9.69 Å². The fraction of sp³-hybridized carbons (Fsp3) is 0.389. The van der Waals surface area contributed by atoms with Gasteiger partial charge in [0.05, 0.1) is 13.7 Å². The molecular weight excluding hydrogens is 308 g/mol. The maximum atomic E-state index is 12.4. The molecule has 1 aromatic heterocycles. The Morgan fingerprint density at radius 3 is 3.09 bits per heavy atom. The molecule has 1 unspecified atom stereocenters. The summed E-state index contributed by atoms with van der Waals surface area (Å²) in [6.07, 6.45) is 2.06. The third kappa shape index (κ3) is 3.57. The van der Waals surface area contributed by atoms with E-state index in [1.54, 1.807) is 7.11 Å². The van der Waals surface area contributed by atoms with E-state index in [0.29, 0.717) is 12.6 Å². The SMILES string of the molecule is CCC1c2ccsc2CCN1CC(=O)Nc1cccc(OC)c1. The van der Waals surface area contributed by atoms with Crippen molar-refractivity contribution in [2.24, 2.45) is 0 Å². The van der Waals surface area contributed by atoms with Gasteiger partial charge in [0.25, 0.3) is 0 Å². The van der Waals surface area contributed by atoms with Crippen molar-refractivity contribution >= 4 is 22.9 Å². The van der Waals surface area contributed by atoms with Crippen LogP contribution in [-0.2, 0) is 11.2 Å². The van der Waals surface area contributed by atoms with Gasteiger partial charge in [0.2, 0.25) is 5.91 Å². The molecule has 0 bridgehead atoms. The van der Waals surface area contributed by atoms with Crippen LogP contribution in [0.2, 0.25) is 0 Å². The molecule has 0 spiro atoms. The third-order valence-electron chi connectivity index (χ3n) is 4.29. The molecule has 2 aromatic rings. The lowest BCUT2D eigenvalue weighted by molar-refractivity contribution is -0.118. The normalized spacial score (nSPS) is 17.6. The molecule has 1 aliphatic rings. The Morgan fingerprint density at radius 2 is 2.30 bits per heavy atom. The van der Waals surface area contributed by atoms with Crippen molar-refractivity contribution in [3.63, 3.8) is 0 Å². The molecule has 122 valence electrons. The number of thiophene rings is 1. The highest BCUT2D eigenvalue weighted by atomic mass is 32.1. The molecule has 0 radical (unpaired) electrons. The van der Waals surface area contributed by atoms with E-state index in [2.05, 4.69) is 28.6 Å². The summed E-state index contributed by atoms with van der Waals surface area (Å²) in [6.45, 7) is 3.55. The maximum Gasteiger partial charge on any atom is 0.238 e. The minimum atomic E-state index is 0.0235. The van der Waals surface area contributed by atoms with Crippen LogP contribution in [0.25, 0.3) is 0 Å². The summed E-state index contributed by atoms with van der Waals surface area (Å²) in [5, 5.41) is 5.13. The predicted molar refractivity (Wildman–Crippen MR) is 94.3 cm³/mol. The first-order chi connectivity index (χ1) is 11.2. The molecule has 0 saturated heterocycles. The summed E-state index contributed by atoms with van der Waals surface area (Å²) >= 11 is 1.83. The Hall–Kier alpha value is -1.85. The number of methoxy groups -OCH3 is 1. The second-order valence-electron chi connectivity index (χ2n) is 5.72. The van der Waals surface area contributed by atoms with E-state index in [4.69, 9.17) is 4.74 Å². The van der Waals surface area contributed by atoms with Crippen LogP contribution in [0.5, 0.6) is 5.75 Å². The highest BCUT2D eigenvalue weighted by Gasteiger charge is 2.28. The van der Waals surface area contributed by atoms with Gasteiger partial charge in [-0.2, -0.15) is 0 Å². The summed E-state index contributed by atoms with van der Waals surface area (Å²) in [5.74, 6) is 0.769. The zero-order valence-corrected chi connectivity index (χ0v) is 14.4. The number of hydrogen-bond acceptors (Lipinski definition) is 4. The molecule has 0 fully saturated rings. The molecule has 1 aromatic carbocycles. The van der Waals surface area contributed by atoms with Gasteiger partial charge >= 0.3 is 0 Å². The van der Waals surface area contributed by atoms with Gasteiger partial charge in [-0.25, -0.2) is 0 Å². The van der Waals surface area contributed by atoms with E-state index in [1.807, 2.05) is 35.6 Å². The molecule has 4 nitrogen and oxygen atoms in total. The number of benzene rings is 1. The number of nitrogens with zero attached hydrogens (tertiary/aromatic N) is 1. The van der Waals surface area contributed by atoms with E-state index >= 15 is 0 Å². The van der Waals surface area contributed by atoms with Crippen LogP contribution in [0.15, 0.2) is 35.7 Å². The monoisotopic (exact) mass is 330 g/mol. The van der Waals surface area contributed by atoms with Gasteiger partial charge in [-0.05, 0) is 42.0 Å². The zero-order valence-electron chi connectivity index (χ0n) is 13.5.